The summed E-state index contributed by atoms with van der Waals surface area (Å²) in [6.07, 6.45) is 4.47. The number of oxime groups is 1. The fourth-order valence-corrected chi connectivity index (χ4v) is 3.57. The Kier molecular flexibility index (Phi) is 4.16. The molecule has 3 rings (SSSR count). The van der Waals surface area contributed by atoms with Crippen molar-refractivity contribution < 1.29 is 4.84 Å². The molecule has 104 valence electrons. The Hall–Kier alpha value is -1.61. The molecule has 2 aromatic rings. The second-order valence-electron chi connectivity index (χ2n) is 5.25. The van der Waals surface area contributed by atoms with Crippen molar-refractivity contribution in [3.63, 3.8) is 0 Å². The summed E-state index contributed by atoms with van der Waals surface area (Å²) in [5, 5.41) is 8.43. The molecule has 1 aromatic carbocycles. The molecule has 0 atom stereocenters. The van der Waals surface area contributed by atoms with Crippen LogP contribution in [0.15, 0.2) is 46.2 Å². The van der Waals surface area contributed by atoms with E-state index >= 15 is 0 Å². The largest absolute Gasteiger partial charge is 0.399 e. The average molecular weight is 285 g/mol. The Morgan fingerprint density at radius 1 is 1.15 bits per heavy atom. The van der Waals surface area contributed by atoms with Crippen LogP contribution in [0.4, 0.5) is 0 Å². The number of rotatable bonds is 3. The molecule has 1 aliphatic rings. The van der Waals surface area contributed by atoms with Gasteiger partial charge in [0.15, 0.2) is 0 Å². The fourth-order valence-electron chi connectivity index (χ4n) is 2.91. The zero-order valence-electron chi connectivity index (χ0n) is 11.7. The summed E-state index contributed by atoms with van der Waals surface area (Å²) in [6.45, 7) is 0. The summed E-state index contributed by atoms with van der Waals surface area (Å²) in [6, 6.07) is 11.2. The third-order valence-corrected chi connectivity index (χ3v) is 4.68. The van der Waals surface area contributed by atoms with Gasteiger partial charge in [-0.05, 0) is 65.1 Å². The van der Waals surface area contributed by atoms with E-state index in [4.69, 9.17) is 4.84 Å². The van der Waals surface area contributed by atoms with Gasteiger partial charge in [0.1, 0.15) is 7.11 Å². The normalized spacial score (nSPS) is 18.9. The zero-order valence-corrected chi connectivity index (χ0v) is 12.5. The SMILES string of the molecule is CON=C1CCC(c2cccc(-c3ccsc3)c2)CC1. The third kappa shape index (κ3) is 2.93. The molecule has 1 aromatic heterocycles. The number of thiophene rings is 1. The van der Waals surface area contributed by atoms with Crippen LogP contribution in [0.1, 0.15) is 37.2 Å². The Bertz CT molecular complexity index is 579. The van der Waals surface area contributed by atoms with Crippen LogP contribution in [0.5, 0.6) is 0 Å². The summed E-state index contributed by atoms with van der Waals surface area (Å²) < 4.78 is 0. The lowest BCUT2D eigenvalue weighted by Crippen LogP contribution is -2.13. The van der Waals surface area contributed by atoms with Gasteiger partial charge in [-0.2, -0.15) is 11.3 Å². The first-order chi connectivity index (χ1) is 9.86. The summed E-state index contributed by atoms with van der Waals surface area (Å²) in [5.41, 5.74) is 5.33. The van der Waals surface area contributed by atoms with Gasteiger partial charge in [0, 0.05) is 0 Å². The lowest BCUT2D eigenvalue weighted by molar-refractivity contribution is 0.210. The van der Waals surface area contributed by atoms with Crippen LogP contribution in [-0.2, 0) is 4.84 Å². The maximum Gasteiger partial charge on any atom is 0.106 e. The topological polar surface area (TPSA) is 21.6 Å². The molecule has 1 saturated carbocycles. The average Bonchev–Trinajstić information content (AvgIpc) is 3.03. The highest BCUT2D eigenvalue weighted by atomic mass is 32.1. The van der Waals surface area contributed by atoms with E-state index in [1.807, 2.05) is 0 Å². The third-order valence-electron chi connectivity index (χ3n) is 4.00. The first kappa shape index (κ1) is 13.4. The van der Waals surface area contributed by atoms with E-state index in [0.717, 1.165) is 12.8 Å². The van der Waals surface area contributed by atoms with E-state index in [0.29, 0.717) is 5.92 Å². The smallest absolute Gasteiger partial charge is 0.106 e. The number of benzene rings is 1. The highest BCUT2D eigenvalue weighted by Crippen LogP contribution is 2.34. The van der Waals surface area contributed by atoms with Crippen molar-refractivity contribution in [1.29, 1.82) is 0 Å². The van der Waals surface area contributed by atoms with Crippen molar-refractivity contribution in [2.75, 3.05) is 7.11 Å². The summed E-state index contributed by atoms with van der Waals surface area (Å²) >= 11 is 1.75. The molecule has 0 aliphatic heterocycles. The molecule has 0 amide bonds. The summed E-state index contributed by atoms with van der Waals surface area (Å²) in [4.78, 5) is 4.88. The van der Waals surface area contributed by atoms with Gasteiger partial charge in [-0.25, -0.2) is 0 Å². The molecule has 2 nitrogen and oxygen atoms in total. The monoisotopic (exact) mass is 285 g/mol. The van der Waals surface area contributed by atoms with Gasteiger partial charge in [-0.1, -0.05) is 29.4 Å². The Labute approximate surface area is 124 Å². The van der Waals surface area contributed by atoms with Crippen LogP contribution in [-0.4, -0.2) is 12.8 Å². The molecule has 20 heavy (non-hydrogen) atoms. The first-order valence-electron chi connectivity index (χ1n) is 7.08. The van der Waals surface area contributed by atoms with E-state index in [1.165, 1.54) is 35.2 Å². The van der Waals surface area contributed by atoms with E-state index in [9.17, 15) is 0 Å². The molecule has 3 heteroatoms. The maximum absolute atomic E-state index is 4.88. The van der Waals surface area contributed by atoms with Crippen molar-refractivity contribution in [3.8, 4) is 11.1 Å². The van der Waals surface area contributed by atoms with Gasteiger partial charge in [-0.3, -0.25) is 0 Å². The molecule has 1 fully saturated rings. The molecular formula is C17H19NOS. The van der Waals surface area contributed by atoms with Crippen molar-refractivity contribution in [2.45, 2.75) is 31.6 Å². The summed E-state index contributed by atoms with van der Waals surface area (Å²) in [7, 11) is 1.63. The van der Waals surface area contributed by atoms with Gasteiger partial charge in [0.2, 0.25) is 0 Å². The van der Waals surface area contributed by atoms with Crippen LogP contribution < -0.4 is 0 Å². The quantitative estimate of drug-likeness (QED) is 0.721. The molecule has 0 unspecified atom stereocenters. The van der Waals surface area contributed by atoms with E-state index in [-0.39, 0.29) is 0 Å². The molecule has 0 saturated heterocycles. The number of hydrogen-bond donors (Lipinski definition) is 0. The van der Waals surface area contributed by atoms with Crippen LogP contribution in [0.2, 0.25) is 0 Å². The van der Waals surface area contributed by atoms with Crippen molar-refractivity contribution in [3.05, 3.63) is 46.7 Å². The van der Waals surface area contributed by atoms with Crippen LogP contribution >= 0.6 is 11.3 Å². The van der Waals surface area contributed by atoms with Crippen LogP contribution in [0, 0.1) is 0 Å². The predicted octanol–water partition coefficient (Wildman–Crippen LogP) is 5.08. The lowest BCUT2D eigenvalue weighted by Gasteiger charge is -2.23. The van der Waals surface area contributed by atoms with Gasteiger partial charge < -0.3 is 4.84 Å². The lowest BCUT2D eigenvalue weighted by atomic mass is 9.82. The highest BCUT2D eigenvalue weighted by Gasteiger charge is 2.19. The van der Waals surface area contributed by atoms with Gasteiger partial charge >= 0.3 is 0 Å². The maximum atomic E-state index is 4.88. The molecule has 1 heterocycles. The number of hydrogen-bond acceptors (Lipinski definition) is 3. The van der Waals surface area contributed by atoms with Gasteiger partial charge in [-0.15, -0.1) is 0 Å². The van der Waals surface area contributed by atoms with Crippen LogP contribution in [0.25, 0.3) is 11.1 Å². The molecule has 0 radical (unpaired) electrons. The standard InChI is InChI=1S/C17H19NOS/c1-19-18-17-7-5-13(6-8-17)14-3-2-4-15(11-14)16-9-10-20-12-16/h2-4,9-13H,5-8H2,1H3. The molecule has 0 N–H and O–H groups in total. The minimum Gasteiger partial charge on any atom is -0.399 e. The molecule has 0 bridgehead atoms. The van der Waals surface area contributed by atoms with E-state index in [2.05, 4.69) is 46.2 Å². The van der Waals surface area contributed by atoms with E-state index < -0.39 is 0 Å². The zero-order chi connectivity index (χ0) is 13.8. The first-order valence-corrected chi connectivity index (χ1v) is 8.02. The van der Waals surface area contributed by atoms with Crippen LogP contribution in [0.3, 0.4) is 0 Å². The molecule has 1 aliphatic carbocycles. The van der Waals surface area contributed by atoms with Crippen molar-refractivity contribution in [1.82, 2.24) is 0 Å². The summed E-state index contributed by atoms with van der Waals surface area (Å²) in [5.74, 6) is 0.657. The Balaban J connectivity index is 1.75. The van der Waals surface area contributed by atoms with E-state index in [1.54, 1.807) is 18.4 Å². The van der Waals surface area contributed by atoms with Gasteiger partial charge in [0.25, 0.3) is 0 Å². The second-order valence-corrected chi connectivity index (χ2v) is 6.03. The van der Waals surface area contributed by atoms with Crippen molar-refractivity contribution in [2.24, 2.45) is 5.16 Å². The van der Waals surface area contributed by atoms with Gasteiger partial charge in [0.05, 0.1) is 5.71 Å². The minimum atomic E-state index is 0.657. The Morgan fingerprint density at radius 2 is 2.00 bits per heavy atom. The Morgan fingerprint density at radius 3 is 2.70 bits per heavy atom. The highest BCUT2D eigenvalue weighted by molar-refractivity contribution is 7.08. The molecule has 0 spiro atoms. The molecular weight excluding hydrogens is 266 g/mol. The predicted molar refractivity (Wildman–Crippen MR) is 85.4 cm³/mol. The second kappa shape index (κ2) is 6.23. The van der Waals surface area contributed by atoms with Crippen molar-refractivity contribution >= 4 is 17.0 Å². The minimum absolute atomic E-state index is 0.657. The number of nitrogens with zero attached hydrogens (tertiary/aromatic N) is 1. The fraction of sp³-hybridized carbons (Fsp3) is 0.353.